The van der Waals surface area contributed by atoms with Crippen molar-refractivity contribution < 1.29 is 0 Å². The van der Waals surface area contributed by atoms with Crippen LogP contribution in [-0.2, 0) is 13.1 Å². The van der Waals surface area contributed by atoms with Crippen LogP contribution in [0.25, 0.3) is 0 Å². The van der Waals surface area contributed by atoms with Crippen LogP contribution in [0.15, 0.2) is 29.3 Å². The quantitative estimate of drug-likeness (QED) is 0.656. The summed E-state index contributed by atoms with van der Waals surface area (Å²) >= 11 is 0. The maximum Gasteiger partial charge on any atom is 0.186 e. The highest BCUT2D eigenvalue weighted by Gasteiger charge is 2.11. The van der Waals surface area contributed by atoms with E-state index in [2.05, 4.69) is 34.2 Å². The number of guanidine groups is 1. The molecule has 1 aliphatic rings. The van der Waals surface area contributed by atoms with Crippen LogP contribution < -0.4 is 11.5 Å². The average Bonchev–Trinajstić information content (AvgIpc) is 2.81. The molecule has 1 saturated heterocycles. The number of halogens is 1. The van der Waals surface area contributed by atoms with Gasteiger partial charge < -0.3 is 11.5 Å². The Bertz CT molecular complexity index is 378. The molecule has 0 aromatic heterocycles. The Balaban J connectivity index is 0.00000162. The third-order valence-electron chi connectivity index (χ3n) is 3.07. The van der Waals surface area contributed by atoms with Crippen LogP contribution in [0.3, 0.4) is 0 Å². The van der Waals surface area contributed by atoms with E-state index in [1.165, 1.54) is 31.5 Å². The molecule has 0 atom stereocenters. The van der Waals surface area contributed by atoms with Crippen LogP contribution in [-0.4, -0.2) is 23.9 Å². The molecule has 18 heavy (non-hydrogen) atoms. The van der Waals surface area contributed by atoms with Gasteiger partial charge in [0.1, 0.15) is 0 Å². The lowest BCUT2D eigenvalue weighted by Crippen LogP contribution is -2.22. The maximum atomic E-state index is 5.30. The van der Waals surface area contributed by atoms with Gasteiger partial charge in [-0.05, 0) is 37.1 Å². The molecule has 0 saturated carbocycles. The summed E-state index contributed by atoms with van der Waals surface area (Å²) in [7, 11) is 0. The lowest BCUT2D eigenvalue weighted by molar-refractivity contribution is 0.331. The zero-order valence-electron chi connectivity index (χ0n) is 10.5. The van der Waals surface area contributed by atoms with E-state index in [-0.39, 0.29) is 22.9 Å². The molecule has 100 valence electrons. The summed E-state index contributed by atoms with van der Waals surface area (Å²) in [5.41, 5.74) is 13.1. The molecule has 1 fully saturated rings. The topological polar surface area (TPSA) is 67.6 Å². The van der Waals surface area contributed by atoms with E-state index >= 15 is 0 Å². The average molecular weight is 313 g/mol. The van der Waals surface area contributed by atoms with Crippen molar-refractivity contribution in [2.75, 3.05) is 13.1 Å². The zero-order chi connectivity index (χ0) is 12.1. The summed E-state index contributed by atoms with van der Waals surface area (Å²) in [4.78, 5) is 6.48. The third kappa shape index (κ3) is 4.66. The van der Waals surface area contributed by atoms with Gasteiger partial charge in [-0.3, -0.25) is 4.90 Å². The van der Waals surface area contributed by atoms with E-state index in [4.69, 9.17) is 11.5 Å². The Kier molecular flexibility index (Phi) is 6.15. The Morgan fingerprint density at radius 3 is 2.17 bits per heavy atom. The first-order valence-electron chi connectivity index (χ1n) is 6.09. The van der Waals surface area contributed by atoms with Gasteiger partial charge in [0.2, 0.25) is 0 Å². The van der Waals surface area contributed by atoms with E-state index in [1.807, 2.05) is 0 Å². The number of aliphatic imine (C=N–C) groups is 1. The number of hydrogen-bond donors (Lipinski definition) is 2. The lowest BCUT2D eigenvalue weighted by atomic mass is 10.1. The van der Waals surface area contributed by atoms with Crippen molar-refractivity contribution in [1.29, 1.82) is 0 Å². The molecule has 0 spiro atoms. The monoisotopic (exact) mass is 312 g/mol. The number of likely N-dealkylation sites (tertiary alicyclic amines) is 1. The number of benzene rings is 1. The van der Waals surface area contributed by atoms with Gasteiger partial charge in [0.05, 0.1) is 6.54 Å². The van der Waals surface area contributed by atoms with Crippen molar-refractivity contribution in [3.63, 3.8) is 0 Å². The molecule has 1 heterocycles. The van der Waals surface area contributed by atoms with Crippen molar-refractivity contribution in [2.24, 2.45) is 16.5 Å². The number of nitrogens with two attached hydrogens (primary N) is 2. The van der Waals surface area contributed by atoms with Crippen LogP contribution in [0.1, 0.15) is 24.0 Å². The van der Waals surface area contributed by atoms with Gasteiger partial charge in [-0.1, -0.05) is 24.3 Å². The van der Waals surface area contributed by atoms with E-state index in [0.717, 1.165) is 12.1 Å². The fourth-order valence-corrected chi connectivity index (χ4v) is 2.13. The summed E-state index contributed by atoms with van der Waals surface area (Å²) in [5.74, 6) is 0.145. The Hall–Kier alpha value is -1.07. The maximum absolute atomic E-state index is 5.30. The second-order valence-corrected chi connectivity index (χ2v) is 4.54. The third-order valence-corrected chi connectivity index (χ3v) is 3.07. The minimum Gasteiger partial charge on any atom is -0.370 e. The van der Waals surface area contributed by atoms with Crippen molar-refractivity contribution in [3.8, 4) is 0 Å². The van der Waals surface area contributed by atoms with Crippen LogP contribution in [0.2, 0.25) is 0 Å². The SMILES string of the molecule is Br.NC(N)=NCc1ccc(CN2CCCC2)cc1. The molecule has 0 amide bonds. The van der Waals surface area contributed by atoms with Gasteiger partial charge in [-0.2, -0.15) is 0 Å². The predicted molar refractivity (Wildman–Crippen MR) is 80.8 cm³/mol. The highest BCUT2D eigenvalue weighted by atomic mass is 79.9. The van der Waals surface area contributed by atoms with E-state index in [1.54, 1.807) is 0 Å². The van der Waals surface area contributed by atoms with Gasteiger partial charge in [-0.25, -0.2) is 4.99 Å². The molecule has 1 aromatic rings. The molecule has 4 nitrogen and oxygen atoms in total. The molecule has 1 aliphatic heterocycles. The fraction of sp³-hybridized carbons (Fsp3) is 0.462. The van der Waals surface area contributed by atoms with E-state index in [9.17, 15) is 0 Å². The molecule has 0 aliphatic carbocycles. The largest absolute Gasteiger partial charge is 0.370 e. The Labute approximate surface area is 119 Å². The first-order chi connectivity index (χ1) is 8.24. The summed E-state index contributed by atoms with van der Waals surface area (Å²) in [5, 5.41) is 0. The van der Waals surface area contributed by atoms with Crippen molar-refractivity contribution in [3.05, 3.63) is 35.4 Å². The molecule has 1 aromatic carbocycles. The molecule has 0 radical (unpaired) electrons. The van der Waals surface area contributed by atoms with Crippen molar-refractivity contribution >= 4 is 22.9 Å². The number of hydrogen-bond acceptors (Lipinski definition) is 2. The standard InChI is InChI=1S/C13H20N4.BrH/c14-13(15)16-9-11-3-5-12(6-4-11)10-17-7-1-2-8-17;/h3-6H,1-2,7-10H2,(H4,14,15,16);1H. The van der Waals surface area contributed by atoms with Crippen LogP contribution in [0.5, 0.6) is 0 Å². The molecule has 0 unspecified atom stereocenters. The van der Waals surface area contributed by atoms with Crippen LogP contribution >= 0.6 is 17.0 Å². The molecule has 4 N–H and O–H groups in total. The second kappa shape index (κ2) is 7.38. The van der Waals surface area contributed by atoms with Gasteiger partial charge in [0.25, 0.3) is 0 Å². The number of nitrogens with zero attached hydrogens (tertiary/aromatic N) is 2. The van der Waals surface area contributed by atoms with Crippen molar-refractivity contribution in [2.45, 2.75) is 25.9 Å². The Morgan fingerprint density at radius 1 is 1.06 bits per heavy atom. The number of rotatable bonds is 4. The molecule has 2 rings (SSSR count). The summed E-state index contributed by atoms with van der Waals surface area (Å²) < 4.78 is 0. The Morgan fingerprint density at radius 2 is 1.61 bits per heavy atom. The summed E-state index contributed by atoms with van der Waals surface area (Å²) in [6.07, 6.45) is 2.67. The van der Waals surface area contributed by atoms with Gasteiger partial charge >= 0.3 is 0 Å². The lowest BCUT2D eigenvalue weighted by Gasteiger charge is -2.14. The predicted octanol–water partition coefficient (Wildman–Crippen LogP) is 1.63. The molecule has 5 heteroatoms. The van der Waals surface area contributed by atoms with Crippen molar-refractivity contribution in [1.82, 2.24) is 4.90 Å². The minimum atomic E-state index is 0. The van der Waals surface area contributed by atoms with E-state index < -0.39 is 0 Å². The van der Waals surface area contributed by atoms with Crippen LogP contribution in [0.4, 0.5) is 0 Å². The van der Waals surface area contributed by atoms with Gasteiger partial charge in [0, 0.05) is 6.54 Å². The first kappa shape index (κ1) is 15.0. The minimum absolute atomic E-state index is 0. The zero-order valence-corrected chi connectivity index (χ0v) is 12.2. The smallest absolute Gasteiger partial charge is 0.186 e. The van der Waals surface area contributed by atoms with Gasteiger partial charge in [0.15, 0.2) is 5.96 Å². The summed E-state index contributed by atoms with van der Waals surface area (Å²) in [6, 6.07) is 8.52. The second-order valence-electron chi connectivity index (χ2n) is 4.54. The molecular weight excluding hydrogens is 292 g/mol. The first-order valence-corrected chi connectivity index (χ1v) is 6.09. The highest BCUT2D eigenvalue weighted by molar-refractivity contribution is 8.93. The van der Waals surface area contributed by atoms with E-state index in [0.29, 0.717) is 6.54 Å². The van der Waals surface area contributed by atoms with Gasteiger partial charge in [-0.15, -0.1) is 17.0 Å². The molecular formula is C13H21BrN4. The highest BCUT2D eigenvalue weighted by Crippen LogP contribution is 2.13. The summed E-state index contributed by atoms with van der Waals surface area (Å²) in [6.45, 7) is 4.08. The fourth-order valence-electron chi connectivity index (χ4n) is 2.13. The normalized spacial score (nSPS) is 15.1. The molecule has 0 bridgehead atoms. The van der Waals surface area contributed by atoms with Crippen LogP contribution in [0, 0.1) is 0 Å².